The second kappa shape index (κ2) is 5.05. The molecule has 0 aromatic heterocycles. The van der Waals surface area contributed by atoms with Gasteiger partial charge in [0.1, 0.15) is 0 Å². The Bertz CT molecular complexity index is 348. The van der Waals surface area contributed by atoms with Gasteiger partial charge in [-0.15, -0.1) is 0 Å². The van der Waals surface area contributed by atoms with E-state index in [0.717, 1.165) is 0 Å². The van der Waals surface area contributed by atoms with Crippen LogP contribution in [0.5, 0.6) is 0 Å². The molecule has 0 heterocycles. The third-order valence-corrected chi connectivity index (χ3v) is 3.05. The molecule has 0 rings (SSSR count). The zero-order valence-corrected chi connectivity index (χ0v) is 10.0. The molecule has 0 amide bonds. The van der Waals surface area contributed by atoms with Gasteiger partial charge in [-0.3, -0.25) is 4.79 Å². The van der Waals surface area contributed by atoms with Crippen LogP contribution in [0.15, 0.2) is 0 Å². The normalized spacial score (nSPS) is 15.1. The van der Waals surface area contributed by atoms with Crippen LogP contribution in [0.4, 0.5) is 8.78 Å². The first-order chi connectivity index (χ1) is 6.97. The third-order valence-electron chi connectivity index (χ3n) is 1.97. The monoisotopic (exact) mass is 259 g/mol. The maximum atomic E-state index is 12.1. The van der Waals surface area contributed by atoms with Crippen molar-refractivity contribution >= 4 is 16.0 Å². The molecule has 8 heteroatoms. The van der Waals surface area contributed by atoms with Crippen LogP contribution in [-0.2, 0) is 14.8 Å². The molecule has 0 saturated carbocycles. The summed E-state index contributed by atoms with van der Waals surface area (Å²) in [7, 11) is -4.77. The minimum Gasteiger partial charge on any atom is -0.481 e. The topological polar surface area (TPSA) is 83.5 Å². The number of carboxylic acid groups (broad SMARTS) is 1. The standard InChI is InChI=1S/C8H15F2NO4S/c1-8(2,3)5(4-6(12)13)11-16(14,15)7(9)10/h5,7,11H,4H2,1-3H3,(H,12,13). The smallest absolute Gasteiger partial charge is 0.350 e. The summed E-state index contributed by atoms with van der Waals surface area (Å²) < 4.78 is 47.7. The lowest BCUT2D eigenvalue weighted by molar-refractivity contribution is -0.138. The van der Waals surface area contributed by atoms with Gasteiger partial charge >= 0.3 is 11.7 Å². The molecular formula is C8H15F2NO4S. The first-order valence-electron chi connectivity index (χ1n) is 4.48. The van der Waals surface area contributed by atoms with Gasteiger partial charge in [0.15, 0.2) is 0 Å². The van der Waals surface area contributed by atoms with E-state index in [2.05, 4.69) is 0 Å². The van der Waals surface area contributed by atoms with E-state index in [1.54, 1.807) is 25.5 Å². The van der Waals surface area contributed by atoms with Crippen LogP contribution >= 0.6 is 0 Å². The van der Waals surface area contributed by atoms with Crippen molar-refractivity contribution in [1.82, 2.24) is 4.72 Å². The van der Waals surface area contributed by atoms with Crippen LogP contribution < -0.4 is 4.72 Å². The molecule has 96 valence electrons. The number of hydrogen-bond donors (Lipinski definition) is 2. The van der Waals surface area contributed by atoms with Crippen LogP contribution in [0.25, 0.3) is 0 Å². The second-order valence-corrected chi connectivity index (χ2v) is 6.12. The molecule has 0 aliphatic carbocycles. The summed E-state index contributed by atoms with van der Waals surface area (Å²) in [5.41, 5.74) is -0.764. The lowest BCUT2D eigenvalue weighted by Gasteiger charge is -2.29. The summed E-state index contributed by atoms with van der Waals surface area (Å²) in [5.74, 6) is -4.82. The second-order valence-electron chi connectivity index (χ2n) is 4.44. The minimum absolute atomic E-state index is 0.546. The highest BCUT2D eigenvalue weighted by Crippen LogP contribution is 2.23. The van der Waals surface area contributed by atoms with Crippen molar-refractivity contribution in [2.75, 3.05) is 0 Å². The number of aliphatic carboxylic acids is 1. The van der Waals surface area contributed by atoms with Crippen molar-refractivity contribution in [3.63, 3.8) is 0 Å². The summed E-state index contributed by atoms with van der Waals surface area (Å²) in [6.07, 6.45) is -0.546. The molecule has 0 radical (unpaired) electrons. The number of nitrogens with one attached hydrogen (secondary N) is 1. The maximum absolute atomic E-state index is 12.1. The Morgan fingerprint density at radius 2 is 1.81 bits per heavy atom. The van der Waals surface area contributed by atoms with Crippen LogP contribution in [0.3, 0.4) is 0 Å². The van der Waals surface area contributed by atoms with Crippen molar-refractivity contribution in [3.8, 4) is 0 Å². The molecule has 0 fully saturated rings. The summed E-state index contributed by atoms with van der Waals surface area (Å²) >= 11 is 0. The van der Waals surface area contributed by atoms with Gasteiger partial charge in [-0.05, 0) is 5.41 Å². The van der Waals surface area contributed by atoms with E-state index in [1.165, 1.54) is 0 Å². The first kappa shape index (κ1) is 15.2. The van der Waals surface area contributed by atoms with E-state index < -0.39 is 39.6 Å². The lowest BCUT2D eigenvalue weighted by Crippen LogP contribution is -2.46. The highest BCUT2D eigenvalue weighted by molar-refractivity contribution is 7.89. The highest BCUT2D eigenvalue weighted by Gasteiger charge is 2.34. The quantitative estimate of drug-likeness (QED) is 0.772. The molecule has 5 nitrogen and oxygen atoms in total. The Labute approximate surface area is 92.9 Å². The van der Waals surface area contributed by atoms with Gasteiger partial charge < -0.3 is 5.11 Å². The zero-order valence-electron chi connectivity index (χ0n) is 9.20. The van der Waals surface area contributed by atoms with E-state index in [9.17, 15) is 22.0 Å². The number of carboxylic acids is 1. The Morgan fingerprint density at radius 3 is 2.06 bits per heavy atom. The van der Waals surface area contributed by atoms with Crippen molar-refractivity contribution in [1.29, 1.82) is 0 Å². The van der Waals surface area contributed by atoms with Crippen molar-refractivity contribution in [3.05, 3.63) is 0 Å². The molecule has 0 aromatic rings. The van der Waals surface area contributed by atoms with Crippen LogP contribution in [-0.4, -0.2) is 31.3 Å². The number of sulfonamides is 1. The molecule has 0 bridgehead atoms. The fourth-order valence-corrected chi connectivity index (χ4v) is 1.89. The van der Waals surface area contributed by atoms with Gasteiger partial charge in [-0.2, -0.15) is 8.78 Å². The molecule has 1 atom stereocenters. The molecule has 0 saturated heterocycles. The Balaban J connectivity index is 4.90. The maximum Gasteiger partial charge on any atom is 0.350 e. The van der Waals surface area contributed by atoms with Gasteiger partial charge in [0.25, 0.3) is 10.0 Å². The average molecular weight is 259 g/mol. The number of hydrogen-bond acceptors (Lipinski definition) is 3. The number of alkyl halides is 2. The van der Waals surface area contributed by atoms with E-state index in [4.69, 9.17) is 5.11 Å². The number of halogens is 2. The summed E-state index contributed by atoms with van der Waals surface area (Å²) in [4.78, 5) is 10.5. The summed E-state index contributed by atoms with van der Waals surface area (Å²) in [6.45, 7) is 4.69. The van der Waals surface area contributed by atoms with Crippen molar-refractivity contribution in [2.24, 2.45) is 5.41 Å². The number of carbonyl (C=O) groups is 1. The SMILES string of the molecule is CC(C)(C)C(CC(=O)O)NS(=O)(=O)C(F)F. The molecule has 16 heavy (non-hydrogen) atoms. The minimum atomic E-state index is -4.77. The van der Waals surface area contributed by atoms with Crippen LogP contribution in [0.1, 0.15) is 27.2 Å². The van der Waals surface area contributed by atoms with Crippen molar-refractivity contribution < 1.29 is 27.1 Å². The predicted molar refractivity (Wildman–Crippen MR) is 53.6 cm³/mol. The molecule has 0 aromatic carbocycles. The van der Waals surface area contributed by atoms with Gasteiger partial charge in [0, 0.05) is 6.04 Å². The van der Waals surface area contributed by atoms with Gasteiger partial charge in [0.2, 0.25) is 0 Å². The number of rotatable bonds is 5. The first-order valence-corrected chi connectivity index (χ1v) is 6.02. The summed E-state index contributed by atoms with van der Waals surface area (Å²) in [6, 6.07) is -1.08. The largest absolute Gasteiger partial charge is 0.481 e. The van der Waals surface area contributed by atoms with Gasteiger partial charge in [-0.25, -0.2) is 13.1 Å². The molecule has 0 aliphatic heterocycles. The van der Waals surface area contributed by atoms with Gasteiger partial charge in [-0.1, -0.05) is 20.8 Å². The average Bonchev–Trinajstić information content (AvgIpc) is 1.99. The van der Waals surface area contributed by atoms with E-state index in [-0.39, 0.29) is 0 Å². The lowest BCUT2D eigenvalue weighted by atomic mass is 9.85. The Kier molecular flexibility index (Phi) is 4.81. The third kappa shape index (κ3) is 4.84. The molecule has 0 spiro atoms. The highest BCUT2D eigenvalue weighted by atomic mass is 32.2. The fraction of sp³-hybridized carbons (Fsp3) is 0.875. The van der Waals surface area contributed by atoms with E-state index in [1.807, 2.05) is 0 Å². The molecule has 0 aliphatic rings. The van der Waals surface area contributed by atoms with Crippen LogP contribution in [0.2, 0.25) is 0 Å². The van der Waals surface area contributed by atoms with E-state index in [0.29, 0.717) is 0 Å². The Hall–Kier alpha value is -0.760. The summed E-state index contributed by atoms with van der Waals surface area (Å²) in [5, 5.41) is 8.56. The van der Waals surface area contributed by atoms with Crippen LogP contribution in [0, 0.1) is 5.41 Å². The Morgan fingerprint density at radius 1 is 1.38 bits per heavy atom. The van der Waals surface area contributed by atoms with E-state index >= 15 is 0 Å². The fourth-order valence-electron chi connectivity index (χ4n) is 0.949. The van der Waals surface area contributed by atoms with Gasteiger partial charge in [0.05, 0.1) is 6.42 Å². The predicted octanol–water partition coefficient (Wildman–Crippen LogP) is 1.02. The zero-order chi connectivity index (χ0) is 13.1. The molecular weight excluding hydrogens is 244 g/mol. The molecule has 2 N–H and O–H groups in total. The van der Waals surface area contributed by atoms with Crippen molar-refractivity contribution in [2.45, 2.75) is 39.0 Å². The molecule has 1 unspecified atom stereocenters.